The van der Waals surface area contributed by atoms with E-state index in [0.717, 1.165) is 18.8 Å². The quantitative estimate of drug-likeness (QED) is 0.127. The van der Waals surface area contributed by atoms with Crippen LogP contribution in [0.3, 0.4) is 0 Å². The van der Waals surface area contributed by atoms with E-state index in [2.05, 4.69) is 15.0 Å². The van der Waals surface area contributed by atoms with Crippen LogP contribution in [-0.2, 0) is 19.6 Å². The Morgan fingerprint density at radius 1 is 0.453 bits per heavy atom. The van der Waals surface area contributed by atoms with E-state index < -0.39 is 41.5 Å². The molecule has 64 heavy (non-hydrogen) atoms. The van der Waals surface area contributed by atoms with Gasteiger partial charge >= 0.3 is 67.3 Å². The van der Waals surface area contributed by atoms with Crippen LogP contribution >= 0.6 is 0 Å². The predicted octanol–water partition coefficient (Wildman–Crippen LogP) is 0.657. The van der Waals surface area contributed by atoms with E-state index in [-0.39, 0.29) is 137 Å². The van der Waals surface area contributed by atoms with Gasteiger partial charge < -0.3 is 58.3 Å². The third kappa shape index (κ3) is 11.6. The number of carboxylic acid groups (broad SMARTS) is 6. The summed E-state index contributed by atoms with van der Waals surface area (Å²) in [4.78, 5) is 89.6. The maximum absolute atomic E-state index is 12.2. The molecule has 7 heterocycles. The molecule has 0 aromatic carbocycles. The molecule has 0 radical (unpaired) electrons. The van der Waals surface area contributed by atoms with Gasteiger partial charge in [0.05, 0.1) is 46.2 Å². The fraction of sp³-hybridized carbons (Fsp3) is 0.214. The number of nitrogens with zero attached hydrogens (tertiary/aromatic N) is 6. The average Bonchev–Trinajstić information content (AvgIpc) is 4.05. The van der Waals surface area contributed by atoms with Gasteiger partial charge in [-0.1, -0.05) is 0 Å². The largest absolute Gasteiger partial charge is 3.00 e. The van der Waals surface area contributed by atoms with Gasteiger partial charge in [0.15, 0.2) is 0 Å². The van der Waals surface area contributed by atoms with Gasteiger partial charge in [0, 0.05) is 86.7 Å². The first-order valence-corrected chi connectivity index (χ1v) is 18.9. The zero-order valence-corrected chi connectivity index (χ0v) is 35.5. The fourth-order valence-corrected chi connectivity index (χ4v) is 6.89. The van der Waals surface area contributed by atoms with Crippen molar-refractivity contribution in [1.29, 1.82) is 0 Å². The summed E-state index contributed by atoms with van der Waals surface area (Å²) in [5.41, 5.74) is -0.0903. The number of hydrogen-bond donors (Lipinski definition) is 3. The molecule has 6 aromatic heterocycles. The number of carboxylic acids is 6. The summed E-state index contributed by atoms with van der Waals surface area (Å²) >= 11 is 0. The second-order valence-corrected chi connectivity index (χ2v) is 14.4. The first-order valence-electron chi connectivity index (χ1n) is 18.9. The van der Waals surface area contributed by atoms with Crippen molar-refractivity contribution in [2.24, 2.45) is 0 Å². The number of pyridine rings is 3. The molecule has 0 atom stereocenters. The molecule has 0 saturated carbocycles. The first-order chi connectivity index (χ1) is 30.1. The molecular formula is C42H33EuN6O15. The van der Waals surface area contributed by atoms with Crippen molar-refractivity contribution in [3.05, 3.63) is 124 Å². The summed E-state index contributed by atoms with van der Waals surface area (Å²) in [6.45, 7) is 2.35. The van der Waals surface area contributed by atoms with Crippen molar-refractivity contribution in [3.8, 4) is 34.0 Å². The van der Waals surface area contributed by atoms with Gasteiger partial charge in [0.2, 0.25) is 0 Å². The third-order valence-corrected chi connectivity index (χ3v) is 10.0. The Labute approximate surface area is 401 Å². The minimum absolute atomic E-state index is 0. The van der Waals surface area contributed by atoms with E-state index >= 15 is 0 Å². The van der Waals surface area contributed by atoms with E-state index in [1.54, 1.807) is 18.2 Å². The molecule has 0 spiro atoms. The Balaban J connectivity index is 0.00000680. The Morgan fingerprint density at radius 3 is 1.05 bits per heavy atom. The van der Waals surface area contributed by atoms with Gasteiger partial charge in [-0.15, -0.1) is 0 Å². The number of carbonyl (C=O) groups excluding carboxylic acids is 3. The Hall–Kier alpha value is -6.43. The van der Waals surface area contributed by atoms with Crippen LogP contribution in [0.15, 0.2) is 86.6 Å². The van der Waals surface area contributed by atoms with Crippen LogP contribution in [0.25, 0.3) is 34.0 Å². The molecule has 1 fully saturated rings. The van der Waals surface area contributed by atoms with Gasteiger partial charge in [-0.3, -0.25) is 19.7 Å². The van der Waals surface area contributed by atoms with Crippen molar-refractivity contribution in [1.82, 2.24) is 29.7 Å². The van der Waals surface area contributed by atoms with Crippen molar-refractivity contribution in [2.75, 3.05) is 39.3 Å². The minimum Gasteiger partial charge on any atom is -0.545 e. The van der Waals surface area contributed by atoms with Gasteiger partial charge in [-0.25, -0.2) is 24.4 Å². The van der Waals surface area contributed by atoms with Gasteiger partial charge in [0.25, 0.3) is 0 Å². The molecule has 0 unspecified atom stereocenters. The maximum Gasteiger partial charge on any atom is 3.00 e. The predicted molar refractivity (Wildman–Crippen MR) is 206 cm³/mol. The van der Waals surface area contributed by atoms with Gasteiger partial charge in [0.1, 0.15) is 47.5 Å². The normalized spacial score (nSPS) is 13.9. The van der Waals surface area contributed by atoms with Crippen LogP contribution in [0, 0.1) is 49.4 Å². The standard InChI is InChI=1S/C42H36N6O15.Eu/c49-37(50)25-13-34(61-19-25)22-7-28(43-31(10-22)40(55)56)16-46-1-2-47(17-29-8-23(11-32(44-29)41(57)58)35-14-26(20-62-35)38(51)52)5-6-48(4-3-46)18-30-9-24(12-33(45-30)42(59)60)36-15-27(21-63-36)39(53)54;/h7-15,19-21H,1-6,16-18H2,(H,49,50)(H,51,52)(H,53,54)(H,55,56)(H,57,58)(H,59,60);/q;+3/p-3. The summed E-state index contributed by atoms with van der Waals surface area (Å²) in [5, 5.41) is 64.1. The van der Waals surface area contributed by atoms with Crippen molar-refractivity contribution in [3.63, 3.8) is 0 Å². The van der Waals surface area contributed by atoms with Gasteiger partial charge in [-0.05, 0) is 54.6 Å². The molecule has 3 N–H and O–H groups in total. The van der Waals surface area contributed by atoms with Crippen molar-refractivity contribution in [2.45, 2.75) is 19.6 Å². The van der Waals surface area contributed by atoms with Crippen LogP contribution in [0.2, 0.25) is 0 Å². The maximum atomic E-state index is 12.2. The Bertz CT molecular complexity index is 2460. The van der Waals surface area contributed by atoms with Crippen molar-refractivity contribution >= 4 is 35.8 Å². The molecule has 1 aliphatic rings. The molecular weight excluding hydrogens is 980 g/mol. The smallest absolute Gasteiger partial charge is 0.545 e. The SMILES string of the molecule is O=C([O-])c1coc(-c2cc(CN3CCN(Cc4cc(-c5cc(C(=O)[O-])co5)cc(C(=O)O)n4)CCN(Cc4cc(-c5cc(C(=O)O)co5)cc(C(=O)O)n4)CC3)nc(C(=O)[O-])c2)c1.[Eu+3]. The average molecular weight is 1010 g/mol. The zero-order chi connectivity index (χ0) is 44.9. The zero-order valence-electron chi connectivity index (χ0n) is 33.1. The van der Waals surface area contributed by atoms with Gasteiger partial charge in [-0.2, -0.15) is 0 Å². The molecule has 0 aliphatic carbocycles. The number of aromatic carboxylic acids is 6. The Morgan fingerprint density at radius 2 is 0.766 bits per heavy atom. The van der Waals surface area contributed by atoms with Crippen LogP contribution in [-0.4, -0.2) is 120 Å². The summed E-state index contributed by atoms with van der Waals surface area (Å²) < 4.78 is 16.2. The first kappa shape index (κ1) is 47.1. The third-order valence-electron chi connectivity index (χ3n) is 10.0. The van der Waals surface area contributed by atoms with E-state index in [4.69, 9.17) is 13.3 Å². The second kappa shape index (κ2) is 20.4. The molecule has 21 nitrogen and oxygen atoms in total. The summed E-state index contributed by atoms with van der Waals surface area (Å²) in [6.07, 6.45) is 2.97. The minimum atomic E-state index is -1.59. The van der Waals surface area contributed by atoms with E-state index in [0.29, 0.717) is 50.7 Å². The van der Waals surface area contributed by atoms with E-state index in [9.17, 15) is 59.4 Å². The van der Waals surface area contributed by atoms with E-state index in [1.165, 1.54) is 36.4 Å². The summed E-state index contributed by atoms with van der Waals surface area (Å²) in [7, 11) is 0. The molecule has 7 rings (SSSR count). The molecule has 6 aromatic rings. The Kier molecular flexibility index (Phi) is 15.0. The summed E-state index contributed by atoms with van der Waals surface area (Å²) in [5.74, 6) is -8.25. The van der Waals surface area contributed by atoms with Crippen LogP contribution in [0.5, 0.6) is 0 Å². The topological polar surface area (TPSA) is 320 Å². The second-order valence-electron chi connectivity index (χ2n) is 14.4. The van der Waals surface area contributed by atoms with Crippen LogP contribution in [0.1, 0.15) is 79.6 Å². The number of hydrogen-bond acceptors (Lipinski definition) is 18. The van der Waals surface area contributed by atoms with E-state index in [1.807, 2.05) is 14.7 Å². The van der Waals surface area contributed by atoms with Crippen LogP contribution < -0.4 is 15.3 Å². The molecule has 1 aliphatic heterocycles. The molecule has 1 saturated heterocycles. The monoisotopic (exact) mass is 1010 g/mol. The molecule has 0 bridgehead atoms. The molecule has 0 amide bonds. The number of carbonyl (C=O) groups is 6. The van der Waals surface area contributed by atoms with Crippen molar-refractivity contribution < 1.29 is 122 Å². The molecule has 328 valence electrons. The fourth-order valence-electron chi connectivity index (χ4n) is 6.89. The van der Waals surface area contributed by atoms with Crippen LogP contribution in [0.4, 0.5) is 0 Å². The molecule has 22 heteroatoms. The summed E-state index contributed by atoms with van der Waals surface area (Å²) in [6, 6.07) is 12.0. The number of furan rings is 3. The number of aromatic nitrogens is 3. The number of rotatable bonds is 15.